The van der Waals surface area contributed by atoms with E-state index in [4.69, 9.17) is 85.2 Å². The van der Waals surface area contributed by atoms with E-state index in [1.165, 1.54) is 31.6 Å². The molecule has 344 valence electrons. The van der Waals surface area contributed by atoms with Gasteiger partial charge >= 0.3 is 0 Å². The number of nitrogens with one attached hydrogen (secondary N) is 3. The summed E-state index contributed by atoms with van der Waals surface area (Å²) in [5, 5.41) is 45.1. The number of imidazole rings is 4. The molecular formula is C34H36Cl3N21O6P2. The summed E-state index contributed by atoms with van der Waals surface area (Å²) < 4.78 is 14.4. The summed E-state index contributed by atoms with van der Waals surface area (Å²) in [7, 11) is 2.80. The highest BCUT2D eigenvalue weighted by Gasteiger charge is 2.49. The number of rotatable bonds is 4. The number of fused-ring (bicyclic) bond motifs is 4. The first-order valence-corrected chi connectivity index (χ1v) is 22.0. The van der Waals surface area contributed by atoms with E-state index in [-0.39, 0.29) is 40.3 Å². The molecule has 15 N–H and O–H groups in total. The van der Waals surface area contributed by atoms with Crippen molar-refractivity contribution < 1.29 is 29.9 Å². The Hall–Kier alpha value is -6.32. The molecule has 0 aliphatic carbocycles. The second-order valence-corrected chi connectivity index (χ2v) is 15.5. The zero-order chi connectivity index (χ0) is 47.9. The number of nitrogen functional groups attached to an aromatic ring is 4. The van der Waals surface area contributed by atoms with Crippen LogP contribution >= 0.6 is 51.8 Å². The average Bonchev–Trinajstić information content (AvgIpc) is 4.15. The van der Waals surface area contributed by atoms with Crippen LogP contribution in [-0.2, 0) is 9.47 Å². The summed E-state index contributed by atoms with van der Waals surface area (Å²) in [4.78, 5) is 52.6. The first-order valence-electron chi connectivity index (χ1n) is 18.4. The number of aliphatic hydroxyl groups is 4. The topological polar surface area (TPSA) is 423 Å². The van der Waals surface area contributed by atoms with Crippen molar-refractivity contribution in [3.05, 3.63) is 47.5 Å². The third-order valence-electron chi connectivity index (χ3n) is 9.58. The summed E-state index contributed by atoms with van der Waals surface area (Å²) >= 11 is 17.1. The zero-order valence-corrected chi connectivity index (χ0v) is 37.8. The van der Waals surface area contributed by atoms with Gasteiger partial charge in [0.15, 0.2) is 57.1 Å². The van der Waals surface area contributed by atoms with Gasteiger partial charge in [0.2, 0.25) is 15.9 Å². The molecule has 1 unspecified atom stereocenters. The van der Waals surface area contributed by atoms with Crippen molar-refractivity contribution in [1.29, 1.82) is 5.16 Å². The quantitative estimate of drug-likeness (QED) is 0.0674. The number of hydrogen-bond donors (Lipinski definition) is 11. The second-order valence-electron chi connectivity index (χ2n) is 13.4. The molecule has 2 fully saturated rings. The highest BCUT2D eigenvalue weighted by atomic mass is 35.5. The molecule has 8 aromatic heterocycles. The van der Waals surface area contributed by atoms with E-state index < -0.39 is 49.1 Å². The zero-order valence-electron chi connectivity index (χ0n) is 33.5. The smallest absolute Gasteiger partial charge is 0.226 e. The molecule has 27 nitrogen and oxygen atoms in total. The number of nitrogens with zero attached hydrogens (tertiary/aromatic N) is 14. The molecule has 8 aromatic rings. The molecule has 2 aliphatic heterocycles. The second kappa shape index (κ2) is 20.9. The molecule has 32 heteroatoms. The van der Waals surface area contributed by atoms with E-state index >= 15 is 0 Å². The van der Waals surface area contributed by atoms with Gasteiger partial charge in [-0.2, -0.15) is 29.9 Å². The van der Waals surface area contributed by atoms with E-state index in [0.717, 1.165) is 0 Å². The molecule has 2 aliphatic rings. The lowest BCUT2D eigenvalue weighted by atomic mass is 9.99. The number of halogens is 3. The van der Waals surface area contributed by atoms with Gasteiger partial charge in [0.25, 0.3) is 0 Å². The van der Waals surface area contributed by atoms with E-state index in [2.05, 4.69) is 90.5 Å². The van der Waals surface area contributed by atoms with Crippen LogP contribution in [-0.4, -0.2) is 136 Å². The lowest BCUT2D eigenvalue weighted by Gasteiger charge is -2.23. The molecule has 7 atom stereocenters. The van der Waals surface area contributed by atoms with Crippen LogP contribution in [0.3, 0.4) is 0 Å². The Labute approximate surface area is 389 Å². The van der Waals surface area contributed by atoms with Crippen molar-refractivity contribution in [2.45, 2.75) is 48.7 Å². The van der Waals surface area contributed by atoms with Gasteiger partial charge in [-0.1, -0.05) is 20.8 Å². The maximum atomic E-state index is 10.0. The van der Waals surface area contributed by atoms with Gasteiger partial charge in [-0.25, -0.2) is 29.9 Å². The summed E-state index contributed by atoms with van der Waals surface area (Å²) in [6.07, 6.45) is 15.1. The van der Waals surface area contributed by atoms with Crippen LogP contribution in [0.25, 0.3) is 44.7 Å². The van der Waals surface area contributed by atoms with Crippen molar-refractivity contribution in [2.24, 2.45) is 0 Å². The molecular weight excluding hydrogens is 967 g/mol. The van der Waals surface area contributed by atoms with Crippen molar-refractivity contribution in [1.82, 2.24) is 78.9 Å². The Morgan fingerprint density at radius 3 is 1.55 bits per heavy atom. The Morgan fingerprint density at radius 1 is 0.697 bits per heavy atom. The van der Waals surface area contributed by atoms with E-state index in [1.807, 2.05) is 0 Å². The van der Waals surface area contributed by atoms with Gasteiger partial charge in [0.05, 0.1) is 38.5 Å². The number of hydrogen-bond acceptors (Lipinski definition) is 23. The van der Waals surface area contributed by atoms with Crippen LogP contribution in [0.15, 0.2) is 31.6 Å². The number of aliphatic hydroxyl groups excluding tert-OH is 4. The van der Waals surface area contributed by atoms with Gasteiger partial charge in [-0.05, 0) is 34.8 Å². The van der Waals surface area contributed by atoms with Gasteiger partial charge < -0.3 is 62.8 Å². The Kier molecular flexibility index (Phi) is 15.5. The number of ether oxygens (including phenoxy) is 2. The first-order chi connectivity index (χ1) is 31.6. The molecule has 0 amide bonds. The summed E-state index contributed by atoms with van der Waals surface area (Å²) in [5.74, 6) is 5.64. The minimum absolute atomic E-state index is 0.0225. The van der Waals surface area contributed by atoms with Crippen LogP contribution in [0.4, 0.5) is 23.3 Å². The fourth-order valence-corrected chi connectivity index (χ4v) is 6.85. The monoisotopic (exact) mass is 1000 g/mol. The van der Waals surface area contributed by atoms with Gasteiger partial charge in [0, 0.05) is 20.9 Å². The average molecular weight is 1000 g/mol. The normalized spacial score (nSPS) is 22.0. The fraction of sp³-hybridized carbons (Fsp3) is 0.294. The maximum Gasteiger partial charge on any atom is 0.226 e. The highest BCUT2D eigenvalue weighted by molar-refractivity contribution is 7.96. The first kappa shape index (κ1) is 49.1. The maximum absolute atomic E-state index is 10.0. The standard InChI is InChI=1S/2C12H12ClN5O3.C5H4ClN5.C5H5N5.H3NP2/c2*1-2-12(4-19)6(20)3-7(21-12)18-5-15-8-9(14)16-11(13)17-10(8)18;6-5-10-3(7)2-4(11-5)9-1-8-2;6-4-3-5(9-1-7-3)10-2-8-4;1-3-2/h2*1,5-7,19-20H,3-4H2,(H2,14,16,17);1H,(H3,7,8,9,10,11);1-2H,(H3,6,7,8,9,10);1H,2H2/t2*6-,7+,12+;;;/m00.../s1. The predicted octanol–water partition coefficient (Wildman–Crippen LogP) is 1.42. The van der Waals surface area contributed by atoms with Gasteiger partial charge in [-0.3, -0.25) is 14.3 Å². The molecule has 0 radical (unpaired) electrons. The minimum atomic E-state index is -1.44. The third kappa shape index (κ3) is 10.1. The molecule has 66 heavy (non-hydrogen) atoms. The largest absolute Gasteiger partial charge is 0.392 e. The lowest BCUT2D eigenvalue weighted by Crippen LogP contribution is -2.41. The molecule has 10 heterocycles. The van der Waals surface area contributed by atoms with Crippen molar-refractivity contribution >= 4 is 120 Å². The molecule has 0 bridgehead atoms. The third-order valence-corrected chi connectivity index (χ3v) is 10.1. The molecule has 0 aromatic carbocycles. The SMILES string of the molecule is C#C[C@]1(CO)O[C@@H](n2cnc3c(N)nc(Cl)nc32)C[C@@H]1O.C#C[C@]1(CO)O[C@@H](n2cnc3c(N)nc(Cl)nc32)C[C@@H]1O.N=PP.Nc1nc(Cl)nc2nc[nH]c12.Nc1ncnc2nc[nH]c12. The number of aromatic nitrogens is 16. The predicted molar refractivity (Wildman–Crippen MR) is 245 cm³/mol. The molecule has 0 spiro atoms. The van der Waals surface area contributed by atoms with Crippen LogP contribution in [0.2, 0.25) is 15.9 Å². The lowest BCUT2D eigenvalue weighted by molar-refractivity contribution is -0.0891. The van der Waals surface area contributed by atoms with Crippen LogP contribution in [0, 0.1) is 29.8 Å². The van der Waals surface area contributed by atoms with Crippen molar-refractivity contribution in [2.75, 3.05) is 36.1 Å². The number of anilines is 4. The summed E-state index contributed by atoms with van der Waals surface area (Å²) in [5.41, 5.74) is 23.4. The summed E-state index contributed by atoms with van der Waals surface area (Å²) in [6.45, 7) is -0.989. The number of terminal acetylenes is 2. The number of nitrogens with two attached hydrogens (primary N) is 4. The number of aromatic amines is 2. The number of H-pyrrole nitrogens is 2. The van der Waals surface area contributed by atoms with Gasteiger partial charge in [-0.15, -0.1) is 12.8 Å². The fourth-order valence-electron chi connectivity index (χ4n) is 6.33. The molecule has 10 rings (SSSR count). The van der Waals surface area contributed by atoms with E-state index in [9.17, 15) is 20.4 Å². The molecule has 2 saturated heterocycles. The van der Waals surface area contributed by atoms with Gasteiger partial charge in [0.1, 0.15) is 53.1 Å². The minimum Gasteiger partial charge on any atom is -0.392 e. The van der Waals surface area contributed by atoms with Crippen molar-refractivity contribution in [3.63, 3.8) is 0 Å². The van der Waals surface area contributed by atoms with Crippen molar-refractivity contribution in [3.8, 4) is 24.7 Å². The highest BCUT2D eigenvalue weighted by Crippen LogP contribution is 2.39. The van der Waals surface area contributed by atoms with Crippen LogP contribution in [0.1, 0.15) is 25.3 Å². The van der Waals surface area contributed by atoms with E-state index in [1.54, 1.807) is 9.13 Å². The van der Waals surface area contributed by atoms with Crippen LogP contribution in [0.5, 0.6) is 0 Å². The van der Waals surface area contributed by atoms with E-state index in [0.29, 0.717) is 64.4 Å². The Balaban J connectivity index is 0.000000149. The van der Waals surface area contributed by atoms with Crippen LogP contribution < -0.4 is 22.9 Å². The summed E-state index contributed by atoms with van der Waals surface area (Å²) in [6, 6.07) is 0. The molecule has 0 saturated carbocycles. The Bertz CT molecular complexity index is 2960. The Morgan fingerprint density at radius 2 is 1.12 bits per heavy atom.